The van der Waals surface area contributed by atoms with Crippen molar-refractivity contribution in [2.75, 3.05) is 7.11 Å². The third kappa shape index (κ3) is 5.81. The third-order valence-corrected chi connectivity index (χ3v) is 5.19. The topological polar surface area (TPSA) is 105 Å². The summed E-state index contributed by atoms with van der Waals surface area (Å²) < 4.78 is 4.67. The Kier molecular flexibility index (Phi) is 7.79. The Hall–Kier alpha value is -2.86. The molecule has 0 aromatic heterocycles. The molecule has 1 saturated heterocycles. The van der Waals surface area contributed by atoms with Crippen LogP contribution in [0, 0.1) is 11.3 Å². The number of ether oxygens (including phenoxy) is 1. The van der Waals surface area contributed by atoms with Crippen LogP contribution in [-0.4, -0.2) is 30.9 Å². The fourth-order valence-electron chi connectivity index (χ4n) is 3.54. The minimum atomic E-state index is -0.294. The maximum Gasteiger partial charge on any atom is 0.307 e. The lowest BCUT2D eigenvalue weighted by atomic mass is 9.94. The van der Waals surface area contributed by atoms with Gasteiger partial charge >= 0.3 is 5.97 Å². The molecule has 0 unspecified atom stereocenters. The number of carbonyl (C=O) groups excluding carboxylic acids is 2. The molecule has 7 heteroatoms. The monoisotopic (exact) mass is 415 g/mol. The van der Waals surface area contributed by atoms with Gasteiger partial charge in [0.05, 0.1) is 13.5 Å². The van der Waals surface area contributed by atoms with Crippen molar-refractivity contribution in [1.29, 1.82) is 5.41 Å². The lowest BCUT2D eigenvalue weighted by molar-refractivity contribution is -0.141. The molecule has 2 aromatic carbocycles. The zero-order valence-electron chi connectivity index (χ0n) is 16.3. The highest BCUT2D eigenvalue weighted by Crippen LogP contribution is 2.25. The highest BCUT2D eigenvalue weighted by atomic mass is 35.5. The van der Waals surface area contributed by atoms with Crippen molar-refractivity contribution in [2.45, 2.75) is 31.7 Å². The second kappa shape index (κ2) is 10.1. The van der Waals surface area contributed by atoms with Crippen molar-refractivity contribution >= 4 is 30.1 Å². The summed E-state index contributed by atoms with van der Waals surface area (Å²) in [5, 5.41) is 10.3. The standard InChI is InChI=1S/C22H25N3O3.ClH/c1-28-20(26)13-19-12-18(22(27)25-19)7-4-14-2-5-15(6-3-14)16-8-10-17(11-9-16)21(23)24;/h2-3,5-6,8-11,18-19H,4,7,12-13H2,1H3,(H3,23,24)(H,25,27);1H/t18-,19+;/m1./s1. The number of halogens is 1. The van der Waals surface area contributed by atoms with E-state index in [9.17, 15) is 9.59 Å². The number of benzene rings is 2. The van der Waals surface area contributed by atoms with E-state index >= 15 is 0 Å². The van der Waals surface area contributed by atoms with Gasteiger partial charge in [-0.25, -0.2) is 0 Å². The van der Waals surface area contributed by atoms with Crippen LogP contribution in [0.25, 0.3) is 11.1 Å². The number of hydrogen-bond donors (Lipinski definition) is 3. The summed E-state index contributed by atoms with van der Waals surface area (Å²) in [7, 11) is 1.36. The van der Waals surface area contributed by atoms with Crippen molar-refractivity contribution in [3.8, 4) is 11.1 Å². The van der Waals surface area contributed by atoms with Crippen LogP contribution in [0.5, 0.6) is 0 Å². The van der Waals surface area contributed by atoms with Gasteiger partial charge in [-0.05, 0) is 36.0 Å². The van der Waals surface area contributed by atoms with E-state index in [4.69, 9.17) is 11.1 Å². The van der Waals surface area contributed by atoms with Crippen LogP contribution in [0.1, 0.15) is 30.4 Å². The number of esters is 1. The van der Waals surface area contributed by atoms with Gasteiger partial charge in [0, 0.05) is 17.5 Å². The second-order valence-corrected chi connectivity index (χ2v) is 7.15. The smallest absolute Gasteiger partial charge is 0.307 e. The lowest BCUT2D eigenvalue weighted by Crippen LogP contribution is -2.28. The predicted octanol–water partition coefficient (Wildman–Crippen LogP) is 3.06. The van der Waals surface area contributed by atoms with Gasteiger partial charge in [-0.3, -0.25) is 15.0 Å². The number of amidine groups is 1. The van der Waals surface area contributed by atoms with Gasteiger partial charge in [0.15, 0.2) is 0 Å². The van der Waals surface area contributed by atoms with Crippen LogP contribution in [0.3, 0.4) is 0 Å². The molecule has 0 spiro atoms. The summed E-state index contributed by atoms with van der Waals surface area (Å²) in [5.41, 5.74) is 9.53. The highest BCUT2D eigenvalue weighted by Gasteiger charge is 2.32. The molecule has 1 aliphatic rings. The maximum absolute atomic E-state index is 12.1. The first-order valence-corrected chi connectivity index (χ1v) is 9.37. The number of nitrogen functional groups attached to an aromatic ring is 1. The van der Waals surface area contributed by atoms with Crippen molar-refractivity contribution in [3.05, 3.63) is 59.7 Å². The molecule has 0 radical (unpaired) electrons. The van der Waals surface area contributed by atoms with Crippen molar-refractivity contribution in [3.63, 3.8) is 0 Å². The number of hydrogen-bond acceptors (Lipinski definition) is 4. The van der Waals surface area contributed by atoms with E-state index in [1.54, 1.807) is 0 Å². The van der Waals surface area contributed by atoms with Crippen LogP contribution in [0.15, 0.2) is 48.5 Å². The molecular weight excluding hydrogens is 390 g/mol. The fourth-order valence-corrected chi connectivity index (χ4v) is 3.54. The molecule has 0 saturated carbocycles. The van der Waals surface area contributed by atoms with Crippen molar-refractivity contribution in [2.24, 2.45) is 11.7 Å². The molecule has 154 valence electrons. The lowest BCUT2D eigenvalue weighted by Gasteiger charge is -2.09. The molecule has 2 aromatic rings. The number of rotatable bonds is 7. The third-order valence-electron chi connectivity index (χ3n) is 5.19. The number of aryl methyl sites for hydroxylation is 1. The Morgan fingerprint density at radius 3 is 2.28 bits per heavy atom. The zero-order chi connectivity index (χ0) is 20.1. The van der Waals surface area contributed by atoms with Gasteiger partial charge < -0.3 is 15.8 Å². The zero-order valence-corrected chi connectivity index (χ0v) is 17.1. The van der Waals surface area contributed by atoms with Gasteiger partial charge in [-0.1, -0.05) is 48.5 Å². The molecule has 1 aliphatic heterocycles. The minimum Gasteiger partial charge on any atom is -0.469 e. The number of nitrogens with one attached hydrogen (secondary N) is 2. The summed E-state index contributed by atoms with van der Waals surface area (Å²) in [5.74, 6) is -0.269. The Labute approximate surface area is 176 Å². The van der Waals surface area contributed by atoms with E-state index in [1.807, 2.05) is 24.3 Å². The Balaban J connectivity index is 0.00000300. The largest absolute Gasteiger partial charge is 0.469 e. The first-order chi connectivity index (χ1) is 13.5. The van der Waals surface area contributed by atoms with Crippen molar-refractivity contribution in [1.82, 2.24) is 5.32 Å². The second-order valence-electron chi connectivity index (χ2n) is 7.15. The molecule has 3 rings (SSSR count). The molecule has 1 fully saturated rings. The first kappa shape index (κ1) is 22.4. The average molecular weight is 416 g/mol. The molecule has 1 amide bonds. The van der Waals surface area contributed by atoms with Gasteiger partial charge in [-0.2, -0.15) is 0 Å². The molecule has 1 heterocycles. The van der Waals surface area contributed by atoms with Crippen LogP contribution >= 0.6 is 12.4 Å². The summed E-state index contributed by atoms with van der Waals surface area (Å²) in [6.07, 6.45) is 2.48. The maximum atomic E-state index is 12.1. The van der Waals surface area contributed by atoms with Crippen LogP contribution < -0.4 is 11.1 Å². The van der Waals surface area contributed by atoms with Crippen LogP contribution in [0.2, 0.25) is 0 Å². The summed E-state index contributed by atoms with van der Waals surface area (Å²) >= 11 is 0. The summed E-state index contributed by atoms with van der Waals surface area (Å²) in [6, 6.07) is 15.8. The van der Waals surface area contributed by atoms with E-state index in [2.05, 4.69) is 34.3 Å². The summed E-state index contributed by atoms with van der Waals surface area (Å²) in [6.45, 7) is 0. The number of carbonyl (C=O) groups is 2. The Morgan fingerprint density at radius 1 is 1.14 bits per heavy atom. The van der Waals surface area contributed by atoms with E-state index in [-0.39, 0.29) is 48.5 Å². The minimum absolute atomic E-state index is 0. The van der Waals surface area contributed by atoms with Crippen molar-refractivity contribution < 1.29 is 14.3 Å². The summed E-state index contributed by atoms with van der Waals surface area (Å²) in [4.78, 5) is 23.5. The quantitative estimate of drug-likeness (QED) is 0.367. The first-order valence-electron chi connectivity index (χ1n) is 9.37. The SMILES string of the molecule is COC(=O)C[C@@H]1C[C@@H](CCc2ccc(-c3ccc(C(=N)N)cc3)cc2)C(=O)N1.Cl. The molecule has 0 aliphatic carbocycles. The number of methoxy groups -OCH3 is 1. The van der Waals surface area contributed by atoms with E-state index in [0.717, 1.165) is 24.0 Å². The van der Waals surface area contributed by atoms with Gasteiger partial charge in [-0.15, -0.1) is 12.4 Å². The molecular formula is C22H26ClN3O3. The van der Waals surface area contributed by atoms with Gasteiger partial charge in [0.1, 0.15) is 5.84 Å². The average Bonchev–Trinajstić information content (AvgIpc) is 3.05. The Bertz CT molecular complexity index is 866. The molecule has 29 heavy (non-hydrogen) atoms. The predicted molar refractivity (Wildman–Crippen MR) is 115 cm³/mol. The normalized spacial score (nSPS) is 17.9. The molecule has 6 nitrogen and oxygen atoms in total. The Morgan fingerprint density at radius 2 is 1.72 bits per heavy atom. The number of amides is 1. The van der Waals surface area contributed by atoms with E-state index < -0.39 is 0 Å². The van der Waals surface area contributed by atoms with Gasteiger partial charge in [0.2, 0.25) is 5.91 Å². The molecule has 2 atom stereocenters. The fraction of sp³-hybridized carbons (Fsp3) is 0.318. The highest BCUT2D eigenvalue weighted by molar-refractivity contribution is 5.95. The molecule has 4 N–H and O–H groups in total. The van der Waals surface area contributed by atoms with Crippen LogP contribution in [-0.2, 0) is 20.7 Å². The van der Waals surface area contributed by atoms with E-state index in [1.165, 1.54) is 12.7 Å². The van der Waals surface area contributed by atoms with Gasteiger partial charge in [0.25, 0.3) is 0 Å². The van der Waals surface area contributed by atoms with E-state index in [0.29, 0.717) is 12.0 Å². The van der Waals surface area contributed by atoms with Crippen LogP contribution in [0.4, 0.5) is 0 Å². The molecule has 0 bridgehead atoms. The number of nitrogens with two attached hydrogens (primary N) is 1.